The first-order valence-corrected chi connectivity index (χ1v) is 9.18. The Labute approximate surface area is 158 Å². The predicted octanol–water partition coefficient (Wildman–Crippen LogP) is 2.88. The summed E-state index contributed by atoms with van der Waals surface area (Å²) in [6.45, 7) is 7.06. The molecular weight excluding hydrogens is 352 g/mol. The van der Waals surface area contributed by atoms with Crippen molar-refractivity contribution < 1.29 is 13.5 Å². The van der Waals surface area contributed by atoms with Crippen molar-refractivity contribution in [3.05, 3.63) is 48.1 Å². The Kier molecular flexibility index (Phi) is 8.54. The molecule has 0 saturated carbocycles. The van der Waals surface area contributed by atoms with Crippen molar-refractivity contribution >= 4 is 5.96 Å². The van der Waals surface area contributed by atoms with Crippen LogP contribution in [0.4, 0.5) is 8.78 Å². The summed E-state index contributed by atoms with van der Waals surface area (Å²) in [5.41, 5.74) is 0. The van der Waals surface area contributed by atoms with Crippen LogP contribution in [0.25, 0.3) is 0 Å². The number of imidazole rings is 1. The van der Waals surface area contributed by atoms with E-state index < -0.39 is 11.6 Å². The fraction of sp³-hybridized carbons (Fsp3) is 0.474. The Morgan fingerprint density at radius 1 is 1.26 bits per heavy atom. The van der Waals surface area contributed by atoms with Crippen LogP contribution in [0.1, 0.15) is 25.6 Å². The maximum Gasteiger partial charge on any atom is 0.191 e. The van der Waals surface area contributed by atoms with Crippen LogP contribution in [0.2, 0.25) is 0 Å². The molecule has 27 heavy (non-hydrogen) atoms. The van der Waals surface area contributed by atoms with Gasteiger partial charge in [0.2, 0.25) is 0 Å². The number of aryl methyl sites for hydroxylation is 2. The molecule has 1 aromatic heterocycles. The van der Waals surface area contributed by atoms with Crippen molar-refractivity contribution in [1.82, 2.24) is 20.2 Å². The zero-order chi connectivity index (χ0) is 19.5. The monoisotopic (exact) mass is 379 g/mol. The number of nitrogens with zero attached hydrogens (tertiary/aromatic N) is 3. The Bertz CT molecular complexity index is 733. The molecule has 148 valence electrons. The maximum absolute atomic E-state index is 13.5. The minimum absolute atomic E-state index is 0.0370. The number of hydrogen-bond donors (Lipinski definition) is 2. The van der Waals surface area contributed by atoms with Gasteiger partial charge in [0.1, 0.15) is 18.2 Å². The smallest absolute Gasteiger partial charge is 0.191 e. The van der Waals surface area contributed by atoms with Crippen LogP contribution in [-0.2, 0) is 6.54 Å². The van der Waals surface area contributed by atoms with Crippen LogP contribution in [-0.4, -0.2) is 41.8 Å². The van der Waals surface area contributed by atoms with Crippen molar-refractivity contribution in [3.63, 3.8) is 0 Å². The van der Waals surface area contributed by atoms with Gasteiger partial charge in [-0.2, -0.15) is 0 Å². The number of nitrogens with one attached hydrogen (secondary N) is 2. The molecular formula is C19H27F2N5O. The third kappa shape index (κ3) is 7.24. The molecule has 0 aliphatic carbocycles. The number of benzene rings is 1. The molecule has 0 fully saturated rings. The van der Waals surface area contributed by atoms with Crippen LogP contribution in [0, 0.1) is 18.6 Å². The molecule has 0 bridgehead atoms. The molecule has 8 heteroatoms. The fourth-order valence-electron chi connectivity index (χ4n) is 2.49. The first-order valence-electron chi connectivity index (χ1n) is 9.18. The summed E-state index contributed by atoms with van der Waals surface area (Å²) < 4.78 is 33.8. The molecule has 0 amide bonds. The maximum atomic E-state index is 13.5. The minimum Gasteiger partial charge on any atom is -0.489 e. The summed E-state index contributed by atoms with van der Waals surface area (Å²) in [7, 11) is 0. The predicted molar refractivity (Wildman–Crippen MR) is 102 cm³/mol. The highest BCUT2D eigenvalue weighted by Crippen LogP contribution is 2.17. The zero-order valence-corrected chi connectivity index (χ0v) is 15.8. The molecule has 1 aromatic carbocycles. The number of unbranched alkanes of at least 4 members (excludes halogenated alkanes) is 1. The third-order valence-corrected chi connectivity index (χ3v) is 3.89. The van der Waals surface area contributed by atoms with E-state index in [4.69, 9.17) is 4.74 Å². The number of guanidine groups is 1. The average Bonchev–Trinajstić information content (AvgIpc) is 3.04. The van der Waals surface area contributed by atoms with Gasteiger partial charge in [0.05, 0.1) is 6.54 Å². The highest BCUT2D eigenvalue weighted by atomic mass is 19.1. The van der Waals surface area contributed by atoms with Gasteiger partial charge in [-0.05, 0) is 38.8 Å². The standard InChI is InChI=1S/C19H27F2N5O/c1-3-22-19(24-8-4-5-11-26-12-9-23-15(26)2)25-10-13-27-18-7-6-16(20)14-17(18)21/h6-7,9,12,14H,3-5,8,10-11,13H2,1-2H3,(H2,22,24,25). The summed E-state index contributed by atoms with van der Waals surface area (Å²) in [6, 6.07) is 3.26. The number of hydrogen-bond acceptors (Lipinski definition) is 3. The Hall–Kier alpha value is -2.64. The van der Waals surface area contributed by atoms with E-state index in [-0.39, 0.29) is 12.4 Å². The van der Waals surface area contributed by atoms with E-state index in [2.05, 4.69) is 25.2 Å². The van der Waals surface area contributed by atoms with E-state index in [0.717, 1.165) is 37.8 Å². The lowest BCUT2D eigenvalue weighted by atomic mass is 10.3. The highest BCUT2D eigenvalue weighted by Gasteiger charge is 2.05. The lowest BCUT2D eigenvalue weighted by Gasteiger charge is -2.12. The van der Waals surface area contributed by atoms with Crippen molar-refractivity contribution in [3.8, 4) is 5.75 Å². The Morgan fingerprint density at radius 2 is 2.11 bits per heavy atom. The van der Waals surface area contributed by atoms with E-state index in [9.17, 15) is 8.78 Å². The van der Waals surface area contributed by atoms with Gasteiger partial charge in [0.15, 0.2) is 17.5 Å². The quantitative estimate of drug-likeness (QED) is 0.379. The summed E-state index contributed by atoms with van der Waals surface area (Å²) in [5.74, 6) is 0.423. The van der Waals surface area contributed by atoms with Crippen LogP contribution >= 0.6 is 0 Å². The molecule has 0 spiro atoms. The van der Waals surface area contributed by atoms with Gasteiger partial charge in [0.25, 0.3) is 0 Å². The largest absolute Gasteiger partial charge is 0.489 e. The number of aliphatic imine (C=N–C) groups is 1. The number of ether oxygens (including phenoxy) is 1. The molecule has 0 radical (unpaired) electrons. The van der Waals surface area contributed by atoms with E-state index in [1.54, 1.807) is 6.20 Å². The topological polar surface area (TPSA) is 63.5 Å². The molecule has 0 saturated heterocycles. The molecule has 1 heterocycles. The van der Waals surface area contributed by atoms with E-state index in [0.29, 0.717) is 19.0 Å². The zero-order valence-electron chi connectivity index (χ0n) is 15.8. The van der Waals surface area contributed by atoms with Crippen molar-refractivity contribution in [2.75, 3.05) is 26.2 Å². The molecule has 6 nitrogen and oxygen atoms in total. The van der Waals surface area contributed by atoms with Crippen LogP contribution in [0.15, 0.2) is 35.6 Å². The molecule has 0 aliphatic heterocycles. The number of rotatable bonds is 10. The summed E-state index contributed by atoms with van der Waals surface area (Å²) in [6.07, 6.45) is 5.77. The van der Waals surface area contributed by atoms with E-state index in [1.165, 1.54) is 12.1 Å². The highest BCUT2D eigenvalue weighted by molar-refractivity contribution is 5.79. The van der Waals surface area contributed by atoms with Gasteiger partial charge in [-0.25, -0.2) is 13.8 Å². The van der Waals surface area contributed by atoms with Gasteiger partial charge in [0, 0.05) is 38.1 Å². The third-order valence-electron chi connectivity index (χ3n) is 3.89. The summed E-state index contributed by atoms with van der Waals surface area (Å²) in [4.78, 5) is 8.72. The lowest BCUT2D eigenvalue weighted by Crippen LogP contribution is -2.39. The number of aromatic nitrogens is 2. The van der Waals surface area contributed by atoms with Gasteiger partial charge >= 0.3 is 0 Å². The van der Waals surface area contributed by atoms with Gasteiger partial charge in [-0.1, -0.05) is 0 Å². The first kappa shape index (κ1) is 20.7. The van der Waals surface area contributed by atoms with Crippen molar-refractivity contribution in [2.45, 2.75) is 33.2 Å². The number of halogens is 2. The summed E-state index contributed by atoms with van der Waals surface area (Å²) in [5, 5.41) is 6.30. The summed E-state index contributed by atoms with van der Waals surface area (Å²) >= 11 is 0. The molecule has 2 N–H and O–H groups in total. The van der Waals surface area contributed by atoms with Crippen molar-refractivity contribution in [1.29, 1.82) is 0 Å². The Morgan fingerprint density at radius 3 is 2.81 bits per heavy atom. The van der Waals surface area contributed by atoms with Crippen molar-refractivity contribution in [2.24, 2.45) is 4.99 Å². The van der Waals surface area contributed by atoms with Gasteiger partial charge in [-0.3, -0.25) is 4.99 Å². The lowest BCUT2D eigenvalue weighted by molar-refractivity contribution is 0.304. The van der Waals surface area contributed by atoms with Gasteiger partial charge in [-0.15, -0.1) is 0 Å². The van der Waals surface area contributed by atoms with Gasteiger partial charge < -0.3 is 19.9 Å². The first-order chi connectivity index (χ1) is 13.1. The second-order valence-electron chi connectivity index (χ2n) is 5.99. The molecule has 0 aliphatic rings. The van der Waals surface area contributed by atoms with Crippen LogP contribution < -0.4 is 15.4 Å². The Balaban J connectivity index is 1.67. The molecule has 2 aromatic rings. The van der Waals surface area contributed by atoms with E-state index >= 15 is 0 Å². The van der Waals surface area contributed by atoms with Crippen LogP contribution in [0.3, 0.4) is 0 Å². The fourth-order valence-corrected chi connectivity index (χ4v) is 2.49. The molecule has 2 rings (SSSR count). The normalized spacial score (nSPS) is 11.5. The minimum atomic E-state index is -0.705. The second-order valence-corrected chi connectivity index (χ2v) is 5.99. The average molecular weight is 379 g/mol. The second kappa shape index (κ2) is 11.2. The van der Waals surface area contributed by atoms with E-state index in [1.807, 2.05) is 20.0 Å². The SMILES string of the molecule is CCNC(=NCCCCn1ccnc1C)NCCOc1ccc(F)cc1F. The molecule has 0 unspecified atom stereocenters. The van der Waals surface area contributed by atoms with Crippen LogP contribution in [0.5, 0.6) is 5.75 Å². The molecule has 0 atom stereocenters.